The lowest BCUT2D eigenvalue weighted by Gasteiger charge is -2.58. The van der Waals surface area contributed by atoms with Crippen LogP contribution < -0.4 is 0 Å². The summed E-state index contributed by atoms with van der Waals surface area (Å²) in [5.74, 6) is -0.859. The Hall–Kier alpha value is -0.940. The van der Waals surface area contributed by atoms with Crippen LogP contribution in [0.3, 0.4) is 0 Å². The minimum Gasteiger partial charge on any atom is -0.465 e. The molecule has 2 saturated carbocycles. The summed E-state index contributed by atoms with van der Waals surface area (Å²) in [4.78, 5) is 24.4. The molecule has 2 N–H and O–H groups in total. The third kappa shape index (κ3) is 1.26. The van der Waals surface area contributed by atoms with Gasteiger partial charge in [0.25, 0.3) is 0 Å². The molecule has 0 spiro atoms. The molecular weight excluding hydrogens is 260 g/mol. The first-order valence-corrected chi connectivity index (χ1v) is 7.28. The van der Waals surface area contributed by atoms with Crippen molar-refractivity contribution >= 4 is 11.8 Å². The highest BCUT2D eigenvalue weighted by Crippen LogP contribution is 2.67. The fourth-order valence-electron chi connectivity index (χ4n) is 4.99. The molecule has 3 fully saturated rings. The van der Waals surface area contributed by atoms with Crippen LogP contribution in [0.2, 0.25) is 0 Å². The zero-order valence-corrected chi connectivity index (χ0v) is 12.2. The molecule has 20 heavy (non-hydrogen) atoms. The number of aliphatic hydroxyl groups excluding tert-OH is 1. The predicted molar refractivity (Wildman–Crippen MR) is 69.6 cm³/mol. The number of cyclic esters (lactones) is 1. The number of Topliss-reactive ketones (excluding diaryl/α,β-unsaturated/α-hetero) is 1. The van der Waals surface area contributed by atoms with Crippen LogP contribution in [0.15, 0.2) is 0 Å². The Kier molecular flexibility index (Phi) is 2.68. The standard InChI is InChI=1S/C15H22O5/c1-8-4-11(17)15(19)13(3)7-20-12(18)6-14(8,15)5-10(16)9(13)2/h8-9,11,17,19H,4-7H2,1-3H3/t8-,9+,11+,13+,14-,15+/m0/s1. The van der Waals surface area contributed by atoms with E-state index in [1.165, 1.54) is 0 Å². The van der Waals surface area contributed by atoms with Crippen molar-refractivity contribution in [3.05, 3.63) is 0 Å². The number of hydrogen-bond acceptors (Lipinski definition) is 5. The van der Waals surface area contributed by atoms with Crippen molar-refractivity contribution in [1.82, 2.24) is 0 Å². The molecule has 0 aromatic rings. The molecule has 0 amide bonds. The van der Waals surface area contributed by atoms with Crippen molar-refractivity contribution in [1.29, 1.82) is 0 Å². The molecule has 0 aromatic carbocycles. The number of aliphatic hydroxyl groups is 2. The Morgan fingerprint density at radius 3 is 2.55 bits per heavy atom. The quantitative estimate of drug-likeness (QED) is 0.638. The first kappa shape index (κ1) is 14.0. The van der Waals surface area contributed by atoms with E-state index in [0.717, 1.165) is 0 Å². The molecule has 0 aromatic heterocycles. The van der Waals surface area contributed by atoms with Crippen LogP contribution >= 0.6 is 0 Å². The van der Waals surface area contributed by atoms with Gasteiger partial charge < -0.3 is 14.9 Å². The normalized spacial score (nSPS) is 55.1. The summed E-state index contributed by atoms with van der Waals surface area (Å²) in [6.45, 7) is 5.42. The predicted octanol–water partition coefficient (Wildman–Crippen LogP) is 0.667. The third-order valence-electron chi connectivity index (χ3n) is 6.55. The Bertz CT molecular complexity index is 489. The van der Waals surface area contributed by atoms with E-state index in [0.29, 0.717) is 6.42 Å². The minimum atomic E-state index is -1.45. The highest BCUT2D eigenvalue weighted by molar-refractivity contribution is 5.86. The van der Waals surface area contributed by atoms with Crippen LogP contribution in [0.25, 0.3) is 0 Å². The summed E-state index contributed by atoms with van der Waals surface area (Å²) in [6.07, 6.45) is -0.351. The van der Waals surface area contributed by atoms with Crippen LogP contribution in [0.5, 0.6) is 0 Å². The highest BCUT2D eigenvalue weighted by Gasteiger charge is 2.76. The molecular formula is C15H22O5. The second kappa shape index (κ2) is 3.83. The summed E-state index contributed by atoms with van der Waals surface area (Å²) >= 11 is 0. The first-order chi connectivity index (χ1) is 9.19. The zero-order chi connectivity index (χ0) is 14.9. The average Bonchev–Trinajstić information content (AvgIpc) is 2.52. The lowest BCUT2D eigenvalue weighted by molar-refractivity contribution is -0.235. The molecule has 3 rings (SSSR count). The highest BCUT2D eigenvalue weighted by atomic mass is 16.5. The number of ether oxygens (including phenoxy) is 1. The number of carbonyl (C=O) groups is 2. The zero-order valence-electron chi connectivity index (χ0n) is 12.2. The fourth-order valence-corrected chi connectivity index (χ4v) is 4.99. The van der Waals surface area contributed by atoms with Crippen LogP contribution in [0.1, 0.15) is 40.0 Å². The van der Waals surface area contributed by atoms with Gasteiger partial charge in [0.15, 0.2) is 0 Å². The number of hydrogen-bond donors (Lipinski definition) is 2. The summed E-state index contributed by atoms with van der Waals surface area (Å²) in [7, 11) is 0. The van der Waals surface area contributed by atoms with Gasteiger partial charge in [-0.25, -0.2) is 0 Å². The Morgan fingerprint density at radius 1 is 1.25 bits per heavy atom. The molecule has 5 nitrogen and oxygen atoms in total. The van der Waals surface area contributed by atoms with Crippen molar-refractivity contribution in [2.75, 3.05) is 6.61 Å². The molecule has 0 unspecified atom stereocenters. The van der Waals surface area contributed by atoms with Crippen molar-refractivity contribution < 1.29 is 24.5 Å². The largest absolute Gasteiger partial charge is 0.465 e. The molecule has 3 aliphatic rings. The smallest absolute Gasteiger partial charge is 0.306 e. The second-order valence-electron chi connectivity index (χ2n) is 7.19. The monoisotopic (exact) mass is 282 g/mol. The van der Waals surface area contributed by atoms with Gasteiger partial charge >= 0.3 is 5.97 Å². The number of esters is 1. The maximum atomic E-state index is 12.4. The topological polar surface area (TPSA) is 83.8 Å². The van der Waals surface area contributed by atoms with Gasteiger partial charge in [-0.2, -0.15) is 0 Å². The van der Waals surface area contributed by atoms with Gasteiger partial charge in [0.2, 0.25) is 0 Å². The van der Waals surface area contributed by atoms with Crippen LogP contribution in [0, 0.1) is 22.7 Å². The van der Waals surface area contributed by atoms with Gasteiger partial charge in [0.05, 0.1) is 12.5 Å². The van der Waals surface area contributed by atoms with Crippen LogP contribution in [-0.4, -0.2) is 40.3 Å². The van der Waals surface area contributed by atoms with Crippen molar-refractivity contribution in [3.8, 4) is 0 Å². The lowest BCUT2D eigenvalue weighted by atomic mass is 9.47. The van der Waals surface area contributed by atoms with Gasteiger partial charge in [-0.05, 0) is 12.3 Å². The molecule has 0 radical (unpaired) electrons. The fraction of sp³-hybridized carbons (Fsp3) is 0.867. The molecule has 112 valence electrons. The summed E-state index contributed by atoms with van der Waals surface area (Å²) < 4.78 is 5.27. The van der Waals surface area contributed by atoms with E-state index < -0.39 is 28.5 Å². The van der Waals surface area contributed by atoms with E-state index in [2.05, 4.69) is 0 Å². The summed E-state index contributed by atoms with van der Waals surface area (Å²) in [5, 5.41) is 21.9. The van der Waals surface area contributed by atoms with Gasteiger partial charge in [0, 0.05) is 23.2 Å². The van der Waals surface area contributed by atoms with Gasteiger partial charge in [-0.3, -0.25) is 9.59 Å². The lowest BCUT2D eigenvalue weighted by Crippen LogP contribution is -2.69. The van der Waals surface area contributed by atoms with E-state index in [-0.39, 0.29) is 37.1 Å². The van der Waals surface area contributed by atoms with E-state index in [9.17, 15) is 19.8 Å². The minimum absolute atomic E-state index is 0.00970. The van der Waals surface area contributed by atoms with Crippen LogP contribution in [0.4, 0.5) is 0 Å². The van der Waals surface area contributed by atoms with Gasteiger partial charge in [-0.1, -0.05) is 20.8 Å². The summed E-state index contributed by atoms with van der Waals surface area (Å²) in [6, 6.07) is 0. The average molecular weight is 282 g/mol. The molecule has 2 aliphatic carbocycles. The van der Waals surface area contributed by atoms with E-state index in [1.54, 1.807) is 13.8 Å². The molecule has 1 saturated heterocycles. The summed E-state index contributed by atoms with van der Waals surface area (Å²) in [5.41, 5.74) is -3.27. The SMILES string of the molecule is C[C@@H]1C(=O)C[C@@]23CC(=O)OC[C@@]1(C)[C@]2(O)[C@H](O)C[C@@H]3C. The maximum absolute atomic E-state index is 12.4. The molecule has 1 heterocycles. The molecule has 1 aliphatic heterocycles. The van der Waals surface area contributed by atoms with Crippen molar-refractivity contribution in [3.63, 3.8) is 0 Å². The van der Waals surface area contributed by atoms with Crippen molar-refractivity contribution in [2.24, 2.45) is 22.7 Å². The van der Waals surface area contributed by atoms with Gasteiger partial charge in [-0.15, -0.1) is 0 Å². The molecule has 2 bridgehead atoms. The van der Waals surface area contributed by atoms with Gasteiger partial charge in [0.1, 0.15) is 18.0 Å². The first-order valence-electron chi connectivity index (χ1n) is 7.28. The number of carbonyl (C=O) groups excluding carboxylic acids is 2. The number of rotatable bonds is 0. The Balaban J connectivity index is 2.27. The maximum Gasteiger partial charge on any atom is 0.306 e. The Labute approximate surface area is 118 Å². The molecule has 6 atom stereocenters. The number of ketones is 1. The Morgan fingerprint density at radius 2 is 1.90 bits per heavy atom. The molecule has 5 heteroatoms. The van der Waals surface area contributed by atoms with E-state index in [4.69, 9.17) is 4.74 Å². The van der Waals surface area contributed by atoms with E-state index >= 15 is 0 Å². The van der Waals surface area contributed by atoms with Crippen molar-refractivity contribution in [2.45, 2.75) is 51.7 Å². The van der Waals surface area contributed by atoms with E-state index in [1.807, 2.05) is 6.92 Å². The second-order valence-corrected chi connectivity index (χ2v) is 7.19. The van der Waals surface area contributed by atoms with Crippen LogP contribution in [-0.2, 0) is 14.3 Å². The third-order valence-corrected chi connectivity index (χ3v) is 6.55.